The predicted molar refractivity (Wildman–Crippen MR) is 96.1 cm³/mol. The standard InChI is InChI=1S/C21H24N2/c1-22-12-18-13-23-9-5-8-16-10-17(15-6-3-2-4-7-15)11-19(21(16)23)20(18)14-22/h2-4,6-7,10-11,18,20H,5,8-9,12-14H2,1H3/t18-,20-/m0/s1. The van der Waals surface area contributed by atoms with Gasteiger partial charge in [-0.1, -0.05) is 30.3 Å². The molecule has 0 spiro atoms. The fraction of sp³-hybridized carbons (Fsp3) is 0.429. The highest BCUT2D eigenvalue weighted by Gasteiger charge is 2.40. The first-order valence-electron chi connectivity index (χ1n) is 8.95. The monoisotopic (exact) mass is 304 g/mol. The lowest BCUT2D eigenvalue weighted by atomic mass is 9.79. The minimum atomic E-state index is 0.728. The largest absolute Gasteiger partial charge is 0.371 e. The Bertz CT molecular complexity index is 737. The molecule has 0 unspecified atom stereocenters. The molecule has 0 radical (unpaired) electrons. The van der Waals surface area contributed by atoms with Crippen LogP contribution < -0.4 is 4.90 Å². The molecule has 0 saturated carbocycles. The van der Waals surface area contributed by atoms with Crippen molar-refractivity contribution < 1.29 is 0 Å². The highest BCUT2D eigenvalue weighted by molar-refractivity contribution is 5.74. The molecular weight excluding hydrogens is 280 g/mol. The lowest BCUT2D eigenvalue weighted by Crippen LogP contribution is -2.41. The molecule has 0 amide bonds. The van der Waals surface area contributed by atoms with Crippen LogP contribution >= 0.6 is 0 Å². The zero-order valence-electron chi connectivity index (χ0n) is 13.8. The van der Waals surface area contributed by atoms with Gasteiger partial charge < -0.3 is 9.80 Å². The Morgan fingerprint density at radius 1 is 0.957 bits per heavy atom. The molecule has 1 saturated heterocycles. The Labute approximate surface area is 138 Å². The molecule has 1 fully saturated rings. The van der Waals surface area contributed by atoms with E-state index in [9.17, 15) is 0 Å². The van der Waals surface area contributed by atoms with Gasteiger partial charge in [-0.3, -0.25) is 0 Å². The first-order chi connectivity index (χ1) is 11.3. The van der Waals surface area contributed by atoms with Crippen molar-refractivity contribution in [1.82, 2.24) is 4.90 Å². The Morgan fingerprint density at radius 2 is 1.83 bits per heavy atom. The summed E-state index contributed by atoms with van der Waals surface area (Å²) < 4.78 is 0. The van der Waals surface area contributed by atoms with Crippen molar-refractivity contribution in [2.45, 2.75) is 18.8 Å². The van der Waals surface area contributed by atoms with Crippen LogP contribution in [-0.4, -0.2) is 38.1 Å². The van der Waals surface area contributed by atoms with E-state index in [1.807, 2.05) is 0 Å². The summed E-state index contributed by atoms with van der Waals surface area (Å²) in [4.78, 5) is 5.21. The van der Waals surface area contributed by atoms with Crippen LogP contribution in [0.25, 0.3) is 11.1 Å². The fourth-order valence-electron chi connectivity index (χ4n) is 5.04. The number of fused-ring (bicyclic) bond motifs is 2. The molecule has 0 aliphatic carbocycles. The van der Waals surface area contributed by atoms with E-state index in [-0.39, 0.29) is 0 Å². The van der Waals surface area contributed by atoms with Crippen LogP contribution in [0.15, 0.2) is 42.5 Å². The van der Waals surface area contributed by atoms with E-state index >= 15 is 0 Å². The van der Waals surface area contributed by atoms with Crippen LogP contribution in [0.5, 0.6) is 0 Å². The van der Waals surface area contributed by atoms with E-state index in [1.54, 1.807) is 16.8 Å². The Kier molecular flexibility index (Phi) is 3.02. The first-order valence-corrected chi connectivity index (χ1v) is 8.95. The lowest BCUT2D eigenvalue weighted by Gasteiger charge is -2.42. The van der Waals surface area contributed by atoms with Gasteiger partial charge in [0.2, 0.25) is 0 Å². The number of aryl methyl sites for hydroxylation is 1. The number of rotatable bonds is 1. The third-order valence-corrected chi connectivity index (χ3v) is 5.99. The summed E-state index contributed by atoms with van der Waals surface area (Å²) >= 11 is 0. The van der Waals surface area contributed by atoms with Crippen molar-refractivity contribution in [1.29, 1.82) is 0 Å². The van der Waals surface area contributed by atoms with Crippen LogP contribution in [0.3, 0.4) is 0 Å². The summed E-state index contributed by atoms with van der Waals surface area (Å²) in [5.41, 5.74) is 7.57. The topological polar surface area (TPSA) is 6.48 Å². The van der Waals surface area contributed by atoms with E-state index in [0.29, 0.717) is 0 Å². The molecule has 0 N–H and O–H groups in total. The van der Waals surface area contributed by atoms with E-state index in [4.69, 9.17) is 0 Å². The summed E-state index contributed by atoms with van der Waals surface area (Å²) in [6, 6.07) is 15.9. The van der Waals surface area contributed by atoms with Gasteiger partial charge in [0, 0.05) is 37.8 Å². The van der Waals surface area contributed by atoms with Crippen molar-refractivity contribution >= 4 is 5.69 Å². The van der Waals surface area contributed by atoms with Gasteiger partial charge in [-0.05, 0) is 60.2 Å². The minimum Gasteiger partial charge on any atom is -0.371 e. The molecule has 0 bridgehead atoms. The van der Waals surface area contributed by atoms with Crippen LogP contribution in [0.2, 0.25) is 0 Å². The first kappa shape index (κ1) is 13.6. The molecular formula is C21H24N2. The SMILES string of the molecule is CN1C[C@H]2CN3CCCc4cc(-c5ccccc5)cc(c43)[C@H]2C1. The average molecular weight is 304 g/mol. The van der Waals surface area contributed by atoms with Crippen LogP contribution in [0.4, 0.5) is 5.69 Å². The molecule has 0 aromatic heterocycles. The predicted octanol–water partition coefficient (Wildman–Crippen LogP) is 3.77. The van der Waals surface area contributed by atoms with Gasteiger partial charge >= 0.3 is 0 Å². The zero-order valence-corrected chi connectivity index (χ0v) is 13.8. The molecule has 2 heteroatoms. The van der Waals surface area contributed by atoms with Gasteiger partial charge in [0.25, 0.3) is 0 Å². The fourth-order valence-corrected chi connectivity index (χ4v) is 5.04. The molecule has 118 valence electrons. The van der Waals surface area contributed by atoms with Crippen LogP contribution in [0.1, 0.15) is 23.5 Å². The Morgan fingerprint density at radius 3 is 2.70 bits per heavy atom. The van der Waals surface area contributed by atoms with Gasteiger partial charge in [0.05, 0.1) is 0 Å². The Hall–Kier alpha value is -1.80. The number of likely N-dealkylation sites (tertiary alicyclic amines) is 1. The van der Waals surface area contributed by atoms with Crippen LogP contribution in [-0.2, 0) is 6.42 Å². The zero-order chi connectivity index (χ0) is 15.4. The quantitative estimate of drug-likeness (QED) is 0.791. The summed E-state index contributed by atoms with van der Waals surface area (Å²) in [6.45, 7) is 4.99. The molecule has 2 aromatic carbocycles. The normalized spacial score (nSPS) is 26.0. The maximum Gasteiger partial charge on any atom is 0.0435 e. The van der Waals surface area contributed by atoms with Crippen molar-refractivity contribution in [3.05, 3.63) is 53.6 Å². The Balaban J connectivity index is 1.69. The molecule has 2 atom stereocenters. The molecule has 3 aliphatic rings. The smallest absolute Gasteiger partial charge is 0.0435 e. The van der Waals surface area contributed by atoms with Crippen LogP contribution in [0, 0.1) is 5.92 Å². The second-order valence-electron chi connectivity index (χ2n) is 7.58. The van der Waals surface area contributed by atoms with E-state index in [0.717, 1.165) is 11.8 Å². The summed E-state index contributed by atoms with van der Waals surface area (Å²) in [5.74, 6) is 1.54. The highest BCUT2D eigenvalue weighted by Crippen LogP contribution is 2.47. The van der Waals surface area contributed by atoms with Crippen molar-refractivity contribution in [2.75, 3.05) is 38.1 Å². The number of anilines is 1. The third-order valence-electron chi connectivity index (χ3n) is 5.99. The lowest BCUT2D eigenvalue weighted by molar-refractivity contribution is 0.393. The van der Waals surface area contributed by atoms with E-state index in [2.05, 4.69) is 59.3 Å². The van der Waals surface area contributed by atoms with Gasteiger partial charge in [-0.2, -0.15) is 0 Å². The second kappa shape index (κ2) is 5.10. The van der Waals surface area contributed by atoms with Gasteiger partial charge in [-0.25, -0.2) is 0 Å². The molecule has 5 rings (SSSR count). The number of likely N-dealkylation sites (N-methyl/N-ethyl adjacent to an activating group) is 1. The average Bonchev–Trinajstić information content (AvgIpc) is 2.96. The molecule has 3 aliphatic heterocycles. The van der Waals surface area contributed by atoms with Crippen molar-refractivity contribution in [3.63, 3.8) is 0 Å². The van der Waals surface area contributed by atoms with Crippen molar-refractivity contribution in [2.24, 2.45) is 5.92 Å². The van der Waals surface area contributed by atoms with Crippen molar-refractivity contribution in [3.8, 4) is 11.1 Å². The number of nitrogens with zero attached hydrogens (tertiary/aromatic N) is 2. The van der Waals surface area contributed by atoms with E-state index in [1.165, 1.54) is 50.1 Å². The summed E-state index contributed by atoms with van der Waals surface area (Å²) in [7, 11) is 2.28. The van der Waals surface area contributed by atoms with Gasteiger partial charge in [0.1, 0.15) is 0 Å². The summed E-state index contributed by atoms with van der Waals surface area (Å²) in [5, 5.41) is 0. The number of hydrogen-bond acceptors (Lipinski definition) is 2. The molecule has 2 nitrogen and oxygen atoms in total. The van der Waals surface area contributed by atoms with Gasteiger partial charge in [0.15, 0.2) is 0 Å². The van der Waals surface area contributed by atoms with Gasteiger partial charge in [-0.15, -0.1) is 0 Å². The molecule has 3 heterocycles. The highest BCUT2D eigenvalue weighted by atomic mass is 15.2. The second-order valence-corrected chi connectivity index (χ2v) is 7.58. The third kappa shape index (κ3) is 2.12. The van der Waals surface area contributed by atoms with E-state index < -0.39 is 0 Å². The molecule has 23 heavy (non-hydrogen) atoms. The number of hydrogen-bond donors (Lipinski definition) is 0. The maximum atomic E-state index is 2.68. The molecule has 2 aromatic rings. The number of benzene rings is 2. The minimum absolute atomic E-state index is 0.728. The maximum absolute atomic E-state index is 2.68. The summed E-state index contributed by atoms with van der Waals surface area (Å²) in [6.07, 6.45) is 2.55.